The zero-order valence-electron chi connectivity index (χ0n) is 9.71. The summed E-state index contributed by atoms with van der Waals surface area (Å²) in [5, 5.41) is 0. The van der Waals surface area contributed by atoms with Crippen molar-refractivity contribution in [3.63, 3.8) is 0 Å². The lowest BCUT2D eigenvalue weighted by Gasteiger charge is -2.39. The maximum Gasteiger partial charge on any atom is 0.460 e. The Bertz CT molecular complexity index is 390. The first-order chi connectivity index (χ1) is 9.31. The molecule has 0 bridgehead atoms. The van der Waals surface area contributed by atoms with Gasteiger partial charge in [-0.2, -0.15) is 57.1 Å². The Morgan fingerprint density at radius 2 is 0.773 bits per heavy atom. The molecule has 0 fully saturated rings. The molecule has 0 radical (unpaired) electrons. The van der Waals surface area contributed by atoms with Gasteiger partial charge in [0.2, 0.25) is 0 Å². The predicted molar refractivity (Wildman–Crippen MR) is 41.4 cm³/mol. The lowest BCUT2D eigenvalue weighted by Crippen LogP contribution is -2.70. The molecule has 0 nitrogen and oxygen atoms in total. The van der Waals surface area contributed by atoms with Gasteiger partial charge in [0, 0.05) is 6.42 Å². The van der Waals surface area contributed by atoms with E-state index < -0.39 is 48.9 Å². The zero-order chi connectivity index (χ0) is 18.4. The van der Waals surface area contributed by atoms with Crippen LogP contribution in [-0.2, 0) is 0 Å². The standard InChI is InChI=1S/C8H4F14/c9-2-1-3(10,11)4(12,13)5(14,15)6(16,17)7(18,19)8(20,21)22/h1-2H2. The van der Waals surface area contributed by atoms with Crippen LogP contribution in [0.4, 0.5) is 61.5 Å². The van der Waals surface area contributed by atoms with Crippen LogP contribution in [0.1, 0.15) is 6.42 Å². The average Bonchev–Trinajstić information content (AvgIpc) is 2.26. The number of hydrogen-bond acceptors (Lipinski definition) is 0. The molecule has 0 aromatic heterocycles. The second-order valence-corrected chi connectivity index (χ2v) is 3.94. The summed E-state index contributed by atoms with van der Waals surface area (Å²) < 4.78 is 172. The highest BCUT2D eigenvalue weighted by atomic mass is 19.4. The van der Waals surface area contributed by atoms with Crippen molar-refractivity contribution in [2.24, 2.45) is 0 Å². The summed E-state index contributed by atoms with van der Waals surface area (Å²) in [7, 11) is 0. The smallest absolute Gasteiger partial charge is 0.251 e. The third-order valence-corrected chi connectivity index (χ3v) is 2.41. The van der Waals surface area contributed by atoms with Crippen LogP contribution in [0, 0.1) is 0 Å². The van der Waals surface area contributed by atoms with E-state index in [0.29, 0.717) is 0 Å². The second-order valence-electron chi connectivity index (χ2n) is 3.94. The Balaban J connectivity index is 6.11. The molecule has 0 saturated carbocycles. The number of alkyl halides is 14. The van der Waals surface area contributed by atoms with E-state index >= 15 is 0 Å². The minimum atomic E-state index is -7.93. The van der Waals surface area contributed by atoms with Crippen LogP contribution in [0.5, 0.6) is 0 Å². The third-order valence-electron chi connectivity index (χ3n) is 2.41. The van der Waals surface area contributed by atoms with Gasteiger partial charge in [0.15, 0.2) is 0 Å². The Morgan fingerprint density at radius 1 is 0.455 bits per heavy atom. The first-order valence-corrected chi connectivity index (χ1v) is 4.83. The molecular weight excluding hydrogens is 362 g/mol. The summed E-state index contributed by atoms with van der Waals surface area (Å²) in [5.74, 6) is -37.2. The fourth-order valence-corrected chi connectivity index (χ4v) is 1.08. The van der Waals surface area contributed by atoms with Crippen LogP contribution in [-0.4, -0.2) is 42.5 Å². The summed E-state index contributed by atoms with van der Waals surface area (Å²) in [6, 6.07) is 0. The Hall–Kier alpha value is -0.980. The van der Waals surface area contributed by atoms with Crippen molar-refractivity contribution in [1.82, 2.24) is 0 Å². The predicted octanol–water partition coefficient (Wildman–Crippen LogP) is 5.08. The second kappa shape index (κ2) is 5.28. The fourth-order valence-electron chi connectivity index (χ4n) is 1.08. The first-order valence-electron chi connectivity index (χ1n) is 4.83. The number of hydrogen-bond donors (Lipinski definition) is 0. The molecule has 0 aromatic rings. The van der Waals surface area contributed by atoms with Crippen molar-refractivity contribution >= 4 is 0 Å². The largest absolute Gasteiger partial charge is 0.460 e. The average molecular weight is 366 g/mol. The molecule has 0 spiro atoms. The summed E-state index contributed by atoms with van der Waals surface area (Å²) in [5.41, 5.74) is 0. The minimum Gasteiger partial charge on any atom is -0.251 e. The van der Waals surface area contributed by atoms with Gasteiger partial charge < -0.3 is 0 Å². The molecule has 134 valence electrons. The quantitative estimate of drug-likeness (QED) is 0.575. The van der Waals surface area contributed by atoms with E-state index in [9.17, 15) is 61.5 Å². The fraction of sp³-hybridized carbons (Fsp3) is 1.00. The summed E-state index contributed by atoms with van der Waals surface area (Å²) in [6.07, 6.45) is -10.2. The van der Waals surface area contributed by atoms with Gasteiger partial charge in [0.05, 0.1) is 6.67 Å². The molecule has 0 heterocycles. The minimum absolute atomic E-state index is 2.46. The zero-order valence-corrected chi connectivity index (χ0v) is 9.71. The highest BCUT2D eigenvalue weighted by Gasteiger charge is 2.90. The SMILES string of the molecule is FCCC(F)(F)C(F)(F)C(F)(F)C(F)(F)C(F)(F)C(F)(F)F. The van der Waals surface area contributed by atoms with Crippen LogP contribution in [0.3, 0.4) is 0 Å². The molecular formula is C8H4F14. The van der Waals surface area contributed by atoms with Crippen LogP contribution < -0.4 is 0 Å². The topological polar surface area (TPSA) is 0 Å². The molecule has 0 saturated heterocycles. The van der Waals surface area contributed by atoms with Gasteiger partial charge in [-0.05, 0) is 0 Å². The molecule has 0 rings (SSSR count). The van der Waals surface area contributed by atoms with Crippen molar-refractivity contribution in [2.45, 2.75) is 42.2 Å². The van der Waals surface area contributed by atoms with Crippen molar-refractivity contribution < 1.29 is 61.5 Å². The third kappa shape index (κ3) is 2.68. The monoisotopic (exact) mass is 366 g/mol. The van der Waals surface area contributed by atoms with Crippen LogP contribution in [0.15, 0.2) is 0 Å². The van der Waals surface area contributed by atoms with Gasteiger partial charge >= 0.3 is 35.8 Å². The Kier molecular flexibility index (Phi) is 5.05. The lowest BCUT2D eigenvalue weighted by atomic mass is 9.93. The highest BCUT2D eigenvalue weighted by molar-refractivity contribution is 5.10. The normalized spacial score (nSPS) is 16.1. The molecule has 0 N–H and O–H groups in total. The van der Waals surface area contributed by atoms with E-state index in [-0.39, 0.29) is 0 Å². The highest BCUT2D eigenvalue weighted by Crippen LogP contribution is 2.60. The van der Waals surface area contributed by atoms with Gasteiger partial charge in [0.25, 0.3) is 0 Å². The maximum atomic E-state index is 12.7. The molecule has 22 heavy (non-hydrogen) atoms. The molecule has 0 aliphatic carbocycles. The van der Waals surface area contributed by atoms with Gasteiger partial charge in [-0.3, -0.25) is 4.39 Å². The van der Waals surface area contributed by atoms with Crippen LogP contribution in [0.25, 0.3) is 0 Å². The molecule has 0 amide bonds. The molecule has 0 atom stereocenters. The summed E-state index contributed by atoms with van der Waals surface area (Å²) in [4.78, 5) is 0. The van der Waals surface area contributed by atoms with E-state index in [1.165, 1.54) is 0 Å². The van der Waals surface area contributed by atoms with Gasteiger partial charge in [0.1, 0.15) is 0 Å². The van der Waals surface area contributed by atoms with Crippen molar-refractivity contribution in [3.8, 4) is 0 Å². The maximum absolute atomic E-state index is 12.7. The van der Waals surface area contributed by atoms with Crippen molar-refractivity contribution in [2.75, 3.05) is 6.67 Å². The van der Waals surface area contributed by atoms with E-state index in [1.54, 1.807) is 0 Å². The van der Waals surface area contributed by atoms with E-state index in [0.717, 1.165) is 0 Å². The molecule has 0 aromatic carbocycles. The van der Waals surface area contributed by atoms with E-state index in [4.69, 9.17) is 0 Å². The molecule has 14 heteroatoms. The Morgan fingerprint density at radius 3 is 1.05 bits per heavy atom. The number of halogens is 14. The molecule has 0 aliphatic heterocycles. The van der Waals surface area contributed by atoms with Crippen molar-refractivity contribution in [1.29, 1.82) is 0 Å². The first kappa shape index (κ1) is 21.0. The van der Waals surface area contributed by atoms with Gasteiger partial charge in [-0.1, -0.05) is 0 Å². The van der Waals surface area contributed by atoms with Crippen molar-refractivity contribution in [3.05, 3.63) is 0 Å². The van der Waals surface area contributed by atoms with E-state index in [1.807, 2.05) is 0 Å². The number of rotatable bonds is 6. The van der Waals surface area contributed by atoms with Gasteiger partial charge in [-0.15, -0.1) is 0 Å². The Labute approximate surface area is 112 Å². The summed E-state index contributed by atoms with van der Waals surface area (Å²) in [6.45, 7) is -2.46. The van der Waals surface area contributed by atoms with E-state index in [2.05, 4.69) is 0 Å². The molecule has 0 unspecified atom stereocenters. The molecule has 0 aliphatic rings. The van der Waals surface area contributed by atoms with Crippen LogP contribution >= 0.6 is 0 Å². The lowest BCUT2D eigenvalue weighted by molar-refractivity contribution is -0.440. The van der Waals surface area contributed by atoms with Crippen LogP contribution in [0.2, 0.25) is 0 Å². The summed E-state index contributed by atoms with van der Waals surface area (Å²) >= 11 is 0. The van der Waals surface area contributed by atoms with Gasteiger partial charge in [-0.25, -0.2) is 0 Å².